The molecule has 1 aromatic rings. The predicted molar refractivity (Wildman–Crippen MR) is 84.0 cm³/mol. The van der Waals surface area contributed by atoms with E-state index in [2.05, 4.69) is 26.0 Å². The summed E-state index contributed by atoms with van der Waals surface area (Å²) in [6.45, 7) is 4.88. The second-order valence-corrected chi connectivity index (χ2v) is 6.26. The molecule has 2 unspecified atom stereocenters. The van der Waals surface area contributed by atoms with Crippen molar-refractivity contribution in [3.63, 3.8) is 0 Å². The third-order valence-electron chi connectivity index (χ3n) is 4.78. The van der Waals surface area contributed by atoms with Crippen LogP contribution in [0.5, 0.6) is 0 Å². The number of ether oxygens (including phenoxy) is 2. The average Bonchev–Trinajstić information content (AvgIpc) is 2.50. The molecule has 3 nitrogen and oxygen atoms in total. The standard InChI is InChI=1S/C17H23BO3/c1-4-17(11-15(19)20-3)10-9-16(2,12-21-17)13-5-7-14(18)8-6-13/h5-8H,4,9-12H2,1-3H3. The van der Waals surface area contributed by atoms with Crippen molar-refractivity contribution >= 4 is 19.3 Å². The number of carbonyl (C=O) groups excluding carboxylic acids is 1. The molecule has 1 fully saturated rings. The fourth-order valence-corrected chi connectivity index (χ4v) is 2.95. The summed E-state index contributed by atoms with van der Waals surface area (Å²) in [6, 6.07) is 7.99. The van der Waals surface area contributed by atoms with Gasteiger partial charge >= 0.3 is 5.97 Å². The Morgan fingerprint density at radius 3 is 2.48 bits per heavy atom. The quantitative estimate of drug-likeness (QED) is 0.629. The lowest BCUT2D eigenvalue weighted by molar-refractivity contribution is -0.158. The van der Waals surface area contributed by atoms with Gasteiger partial charge in [-0.2, -0.15) is 0 Å². The molecule has 1 saturated heterocycles. The van der Waals surface area contributed by atoms with Gasteiger partial charge < -0.3 is 9.47 Å². The molecule has 0 saturated carbocycles. The van der Waals surface area contributed by atoms with Crippen molar-refractivity contribution in [2.24, 2.45) is 0 Å². The summed E-state index contributed by atoms with van der Waals surface area (Å²) in [6.07, 6.45) is 3.00. The summed E-state index contributed by atoms with van der Waals surface area (Å²) in [5.74, 6) is -0.201. The third kappa shape index (κ3) is 3.49. The average molecular weight is 286 g/mol. The number of methoxy groups -OCH3 is 1. The molecule has 4 heteroatoms. The predicted octanol–water partition coefficient (Wildman–Crippen LogP) is 2.26. The minimum absolute atomic E-state index is 0.0253. The van der Waals surface area contributed by atoms with Crippen molar-refractivity contribution in [3.05, 3.63) is 29.8 Å². The molecule has 0 aliphatic carbocycles. The van der Waals surface area contributed by atoms with Crippen molar-refractivity contribution in [2.45, 2.75) is 50.5 Å². The zero-order valence-electron chi connectivity index (χ0n) is 13.1. The third-order valence-corrected chi connectivity index (χ3v) is 4.78. The van der Waals surface area contributed by atoms with E-state index in [4.69, 9.17) is 17.3 Å². The van der Waals surface area contributed by atoms with Gasteiger partial charge in [0.25, 0.3) is 0 Å². The summed E-state index contributed by atoms with van der Waals surface area (Å²) in [5.41, 5.74) is 1.61. The summed E-state index contributed by atoms with van der Waals surface area (Å²) >= 11 is 0. The van der Waals surface area contributed by atoms with Gasteiger partial charge in [-0.1, -0.05) is 43.6 Å². The topological polar surface area (TPSA) is 35.5 Å². The monoisotopic (exact) mass is 286 g/mol. The van der Waals surface area contributed by atoms with E-state index in [1.807, 2.05) is 12.1 Å². The molecule has 0 spiro atoms. The summed E-state index contributed by atoms with van der Waals surface area (Å²) < 4.78 is 11.0. The van der Waals surface area contributed by atoms with Crippen LogP contribution in [0.2, 0.25) is 0 Å². The Hall–Kier alpha value is -1.29. The van der Waals surface area contributed by atoms with E-state index in [0.717, 1.165) is 24.7 Å². The fourth-order valence-electron chi connectivity index (χ4n) is 2.95. The zero-order valence-corrected chi connectivity index (χ0v) is 13.1. The molecular formula is C17H23BO3. The lowest BCUT2D eigenvalue weighted by Crippen LogP contribution is -2.46. The molecule has 0 N–H and O–H groups in total. The smallest absolute Gasteiger partial charge is 0.308 e. The number of hydrogen-bond donors (Lipinski definition) is 0. The van der Waals surface area contributed by atoms with E-state index in [1.165, 1.54) is 12.7 Å². The Morgan fingerprint density at radius 2 is 2.00 bits per heavy atom. The fraction of sp³-hybridized carbons (Fsp3) is 0.588. The number of carbonyl (C=O) groups is 1. The van der Waals surface area contributed by atoms with Gasteiger partial charge in [0.2, 0.25) is 0 Å². The van der Waals surface area contributed by atoms with E-state index in [9.17, 15) is 4.79 Å². The van der Waals surface area contributed by atoms with Crippen LogP contribution in [0, 0.1) is 0 Å². The Labute approximate surface area is 128 Å². The maximum absolute atomic E-state index is 11.6. The Bertz CT molecular complexity index is 487. The molecule has 112 valence electrons. The molecule has 1 aromatic carbocycles. The molecule has 2 rings (SSSR count). The highest BCUT2D eigenvalue weighted by molar-refractivity contribution is 6.32. The van der Waals surface area contributed by atoms with Gasteiger partial charge in [0, 0.05) is 5.41 Å². The first-order chi connectivity index (χ1) is 9.93. The van der Waals surface area contributed by atoms with Crippen LogP contribution in [-0.4, -0.2) is 33.1 Å². The lowest BCUT2D eigenvalue weighted by Gasteiger charge is -2.44. The molecule has 2 atom stereocenters. The molecule has 1 heterocycles. The van der Waals surface area contributed by atoms with Crippen molar-refractivity contribution in [3.8, 4) is 0 Å². The van der Waals surface area contributed by atoms with Gasteiger partial charge in [-0.05, 0) is 24.8 Å². The maximum Gasteiger partial charge on any atom is 0.308 e. The van der Waals surface area contributed by atoms with E-state index in [0.29, 0.717) is 13.0 Å². The highest BCUT2D eigenvalue weighted by Crippen LogP contribution is 2.41. The molecule has 0 bridgehead atoms. The van der Waals surface area contributed by atoms with Crippen LogP contribution >= 0.6 is 0 Å². The number of rotatable bonds is 4. The molecule has 2 radical (unpaired) electrons. The largest absolute Gasteiger partial charge is 0.469 e. The van der Waals surface area contributed by atoms with Crippen LogP contribution in [0.1, 0.15) is 45.1 Å². The second kappa shape index (κ2) is 6.23. The van der Waals surface area contributed by atoms with Crippen LogP contribution in [0.3, 0.4) is 0 Å². The minimum atomic E-state index is -0.375. The normalized spacial score (nSPS) is 29.1. The molecule has 1 aliphatic rings. The Balaban J connectivity index is 2.10. The first-order valence-electron chi connectivity index (χ1n) is 7.50. The van der Waals surface area contributed by atoms with E-state index in [-0.39, 0.29) is 17.0 Å². The zero-order chi connectivity index (χ0) is 15.5. The first kappa shape index (κ1) is 16.1. The van der Waals surface area contributed by atoms with Gasteiger partial charge in [-0.25, -0.2) is 0 Å². The number of hydrogen-bond acceptors (Lipinski definition) is 3. The molecule has 0 amide bonds. The van der Waals surface area contributed by atoms with Crippen molar-refractivity contribution in [1.29, 1.82) is 0 Å². The lowest BCUT2D eigenvalue weighted by atomic mass is 9.72. The summed E-state index contributed by atoms with van der Waals surface area (Å²) in [4.78, 5) is 11.6. The maximum atomic E-state index is 11.6. The van der Waals surface area contributed by atoms with Gasteiger partial charge in [-0.15, -0.1) is 0 Å². The van der Waals surface area contributed by atoms with Gasteiger partial charge in [0.1, 0.15) is 7.85 Å². The van der Waals surface area contributed by atoms with Crippen molar-refractivity contribution in [1.82, 2.24) is 0 Å². The molecular weight excluding hydrogens is 263 g/mol. The summed E-state index contributed by atoms with van der Waals surface area (Å²) in [5, 5.41) is 0. The van der Waals surface area contributed by atoms with Crippen LogP contribution < -0.4 is 5.46 Å². The minimum Gasteiger partial charge on any atom is -0.469 e. The van der Waals surface area contributed by atoms with Crippen LogP contribution in [0.25, 0.3) is 0 Å². The van der Waals surface area contributed by atoms with Crippen molar-refractivity contribution < 1.29 is 14.3 Å². The number of esters is 1. The SMILES string of the molecule is [B]c1ccc(C2(C)CCC(CC)(CC(=O)OC)OC2)cc1. The van der Waals surface area contributed by atoms with E-state index < -0.39 is 0 Å². The molecule has 0 aromatic heterocycles. The van der Waals surface area contributed by atoms with Crippen molar-refractivity contribution in [2.75, 3.05) is 13.7 Å². The molecule has 21 heavy (non-hydrogen) atoms. The van der Waals surface area contributed by atoms with Crippen LogP contribution in [0.4, 0.5) is 0 Å². The second-order valence-electron chi connectivity index (χ2n) is 6.26. The van der Waals surface area contributed by atoms with E-state index >= 15 is 0 Å². The highest BCUT2D eigenvalue weighted by atomic mass is 16.5. The highest BCUT2D eigenvalue weighted by Gasteiger charge is 2.42. The van der Waals surface area contributed by atoms with Crippen LogP contribution in [0.15, 0.2) is 24.3 Å². The summed E-state index contributed by atoms with van der Waals surface area (Å²) in [7, 11) is 7.18. The Morgan fingerprint density at radius 1 is 1.33 bits per heavy atom. The first-order valence-corrected chi connectivity index (χ1v) is 7.50. The Kier molecular flexibility index (Phi) is 4.77. The van der Waals surface area contributed by atoms with E-state index in [1.54, 1.807) is 0 Å². The van der Waals surface area contributed by atoms with Gasteiger partial charge in [0.05, 0.1) is 25.7 Å². The molecule has 1 aliphatic heterocycles. The number of benzene rings is 1. The van der Waals surface area contributed by atoms with Crippen LogP contribution in [-0.2, 0) is 19.7 Å². The van der Waals surface area contributed by atoms with Gasteiger partial charge in [0.15, 0.2) is 0 Å². The van der Waals surface area contributed by atoms with Gasteiger partial charge in [-0.3, -0.25) is 4.79 Å².